The number of hydrogen-bond acceptors (Lipinski definition) is 1. The predicted molar refractivity (Wildman–Crippen MR) is 49.1 cm³/mol. The Morgan fingerprint density at radius 3 is 2.58 bits per heavy atom. The highest BCUT2D eigenvalue weighted by Gasteiger charge is 1.94. The van der Waals surface area contributed by atoms with Crippen LogP contribution in [0, 0.1) is 0 Å². The second-order valence-electron chi connectivity index (χ2n) is 2.16. The van der Waals surface area contributed by atoms with Crippen molar-refractivity contribution in [2.75, 3.05) is 6.54 Å². The summed E-state index contributed by atoms with van der Waals surface area (Å²) in [5.41, 5.74) is 0.971. The molecule has 0 aliphatic heterocycles. The summed E-state index contributed by atoms with van der Waals surface area (Å²) in [6.07, 6.45) is 4.78. The Kier molecular flexibility index (Phi) is 5.43. The van der Waals surface area contributed by atoms with Gasteiger partial charge in [-0.15, -0.1) is 0 Å². The maximum atomic E-state index is 10.1. The molecule has 0 atom stereocenters. The monoisotopic (exact) mass is 167 g/mol. The van der Waals surface area contributed by atoms with Crippen LogP contribution in [0.5, 0.6) is 0 Å². The topological polar surface area (TPSA) is 49.3 Å². The fraction of sp³-hybridized carbons (Fsp3) is 0.222. The van der Waals surface area contributed by atoms with Gasteiger partial charge in [-0.3, -0.25) is 0 Å². The molecule has 0 unspecified atom stereocenters. The molecule has 1 amide bonds. The third kappa shape index (κ3) is 5.29. The maximum absolute atomic E-state index is 10.1. The van der Waals surface area contributed by atoms with Gasteiger partial charge in [-0.25, -0.2) is 4.79 Å². The van der Waals surface area contributed by atoms with Gasteiger partial charge in [0.25, 0.3) is 0 Å². The molecule has 0 radical (unpaired) electrons. The molecule has 0 aromatic carbocycles. The first-order valence-corrected chi connectivity index (χ1v) is 3.61. The van der Waals surface area contributed by atoms with Gasteiger partial charge in [0, 0.05) is 6.54 Å². The van der Waals surface area contributed by atoms with Crippen molar-refractivity contribution < 1.29 is 9.90 Å². The van der Waals surface area contributed by atoms with Gasteiger partial charge in [-0.2, -0.15) is 0 Å². The largest absolute Gasteiger partial charge is 0.465 e. The Hall–Kier alpha value is -1.51. The summed E-state index contributed by atoms with van der Waals surface area (Å²) in [7, 11) is 0. The van der Waals surface area contributed by atoms with E-state index in [0.717, 1.165) is 5.57 Å². The molecule has 2 N–H and O–H groups in total. The van der Waals surface area contributed by atoms with Crippen LogP contribution in [-0.4, -0.2) is 17.7 Å². The average Bonchev–Trinajstić information content (AvgIpc) is 2.02. The molecule has 12 heavy (non-hydrogen) atoms. The number of carbonyl (C=O) groups is 1. The quantitative estimate of drug-likeness (QED) is 0.615. The lowest BCUT2D eigenvalue weighted by atomic mass is 10.2. The SMILES string of the molecule is C=C/C=C(\C=C)CCNC(=O)O. The van der Waals surface area contributed by atoms with Crippen LogP contribution in [-0.2, 0) is 0 Å². The molecular formula is C9H13NO2. The molecule has 3 nitrogen and oxygen atoms in total. The smallest absolute Gasteiger partial charge is 0.404 e. The highest BCUT2D eigenvalue weighted by atomic mass is 16.4. The van der Waals surface area contributed by atoms with Crippen LogP contribution in [0.2, 0.25) is 0 Å². The maximum Gasteiger partial charge on any atom is 0.404 e. The Labute approximate surface area is 72.1 Å². The van der Waals surface area contributed by atoms with E-state index in [9.17, 15) is 4.79 Å². The molecular weight excluding hydrogens is 154 g/mol. The lowest BCUT2D eigenvalue weighted by molar-refractivity contribution is 0.194. The molecule has 0 spiro atoms. The number of carboxylic acid groups (broad SMARTS) is 1. The normalized spacial score (nSPS) is 10.5. The summed E-state index contributed by atoms with van der Waals surface area (Å²) in [6, 6.07) is 0. The first-order valence-electron chi connectivity index (χ1n) is 3.61. The predicted octanol–water partition coefficient (Wildman–Crippen LogP) is 1.94. The van der Waals surface area contributed by atoms with E-state index in [2.05, 4.69) is 18.5 Å². The molecule has 0 rings (SSSR count). The molecule has 0 aliphatic carbocycles. The van der Waals surface area contributed by atoms with Crippen molar-refractivity contribution in [2.24, 2.45) is 0 Å². The molecule has 66 valence electrons. The molecule has 0 heterocycles. The Morgan fingerprint density at radius 2 is 2.17 bits per heavy atom. The van der Waals surface area contributed by atoms with Crippen molar-refractivity contribution >= 4 is 6.09 Å². The minimum Gasteiger partial charge on any atom is -0.465 e. The first kappa shape index (κ1) is 10.5. The van der Waals surface area contributed by atoms with Gasteiger partial charge >= 0.3 is 6.09 Å². The number of nitrogens with one attached hydrogen (secondary N) is 1. The average molecular weight is 167 g/mol. The molecule has 0 bridgehead atoms. The van der Waals surface area contributed by atoms with E-state index in [0.29, 0.717) is 13.0 Å². The zero-order valence-corrected chi connectivity index (χ0v) is 6.92. The summed E-state index contributed by atoms with van der Waals surface area (Å²) in [4.78, 5) is 10.1. The van der Waals surface area contributed by atoms with Gasteiger partial charge in [0.1, 0.15) is 0 Å². The van der Waals surface area contributed by atoms with Gasteiger partial charge in [-0.1, -0.05) is 31.4 Å². The Bertz CT molecular complexity index is 207. The molecule has 0 fully saturated rings. The first-order chi connectivity index (χ1) is 5.70. The van der Waals surface area contributed by atoms with Crippen molar-refractivity contribution in [3.63, 3.8) is 0 Å². The highest BCUT2D eigenvalue weighted by Crippen LogP contribution is 2.00. The molecule has 3 heteroatoms. The van der Waals surface area contributed by atoms with Crippen molar-refractivity contribution in [1.82, 2.24) is 5.32 Å². The molecule has 0 saturated heterocycles. The number of rotatable bonds is 5. The fourth-order valence-electron chi connectivity index (χ4n) is 0.719. The summed E-state index contributed by atoms with van der Waals surface area (Å²) in [6.45, 7) is 7.52. The second-order valence-corrected chi connectivity index (χ2v) is 2.16. The van der Waals surface area contributed by atoms with Crippen LogP contribution in [0.25, 0.3) is 0 Å². The second kappa shape index (κ2) is 6.22. The molecule has 0 aliphatic rings. The van der Waals surface area contributed by atoms with Crippen molar-refractivity contribution in [2.45, 2.75) is 6.42 Å². The van der Waals surface area contributed by atoms with E-state index in [4.69, 9.17) is 5.11 Å². The number of amides is 1. The van der Waals surface area contributed by atoms with E-state index < -0.39 is 6.09 Å². The standard InChI is InChI=1S/C9H13NO2/c1-3-5-8(4-2)6-7-10-9(11)12/h3-5,10H,1-2,6-7H2,(H,11,12)/b8-5+. The van der Waals surface area contributed by atoms with E-state index in [1.54, 1.807) is 18.2 Å². The Morgan fingerprint density at radius 1 is 1.50 bits per heavy atom. The minimum absolute atomic E-state index is 0.404. The lowest BCUT2D eigenvalue weighted by Crippen LogP contribution is -2.21. The van der Waals surface area contributed by atoms with Gasteiger partial charge in [0.05, 0.1) is 0 Å². The molecule has 0 aromatic heterocycles. The number of allylic oxidation sites excluding steroid dienone is 3. The van der Waals surface area contributed by atoms with Crippen molar-refractivity contribution in [3.8, 4) is 0 Å². The summed E-state index contributed by atoms with van der Waals surface area (Å²) < 4.78 is 0. The third-order valence-corrected chi connectivity index (χ3v) is 1.28. The van der Waals surface area contributed by atoms with Gasteiger partial charge in [-0.05, 0) is 12.0 Å². The zero-order valence-electron chi connectivity index (χ0n) is 6.92. The van der Waals surface area contributed by atoms with Crippen LogP contribution >= 0.6 is 0 Å². The van der Waals surface area contributed by atoms with E-state index in [1.807, 2.05) is 0 Å². The summed E-state index contributed by atoms with van der Waals surface area (Å²) >= 11 is 0. The summed E-state index contributed by atoms with van der Waals surface area (Å²) in [5, 5.41) is 10.5. The Balaban J connectivity index is 3.73. The molecule has 0 aromatic rings. The van der Waals surface area contributed by atoms with Crippen molar-refractivity contribution in [1.29, 1.82) is 0 Å². The van der Waals surface area contributed by atoms with E-state index >= 15 is 0 Å². The van der Waals surface area contributed by atoms with Gasteiger partial charge < -0.3 is 10.4 Å². The van der Waals surface area contributed by atoms with Crippen LogP contribution in [0.3, 0.4) is 0 Å². The highest BCUT2D eigenvalue weighted by molar-refractivity contribution is 5.64. The lowest BCUT2D eigenvalue weighted by Gasteiger charge is -2.00. The van der Waals surface area contributed by atoms with Crippen LogP contribution in [0.15, 0.2) is 37.0 Å². The third-order valence-electron chi connectivity index (χ3n) is 1.28. The number of hydrogen-bond donors (Lipinski definition) is 2. The van der Waals surface area contributed by atoms with Crippen LogP contribution < -0.4 is 5.32 Å². The summed E-state index contributed by atoms with van der Waals surface area (Å²) in [5.74, 6) is 0. The molecule has 0 saturated carbocycles. The van der Waals surface area contributed by atoms with E-state index in [-0.39, 0.29) is 0 Å². The van der Waals surface area contributed by atoms with E-state index in [1.165, 1.54) is 0 Å². The van der Waals surface area contributed by atoms with Gasteiger partial charge in [0.2, 0.25) is 0 Å². The van der Waals surface area contributed by atoms with Crippen LogP contribution in [0.4, 0.5) is 4.79 Å². The van der Waals surface area contributed by atoms with Gasteiger partial charge in [0.15, 0.2) is 0 Å². The van der Waals surface area contributed by atoms with Crippen LogP contribution in [0.1, 0.15) is 6.42 Å². The fourth-order valence-corrected chi connectivity index (χ4v) is 0.719. The van der Waals surface area contributed by atoms with Crippen molar-refractivity contribution in [3.05, 3.63) is 37.0 Å². The minimum atomic E-state index is -1.00. The zero-order chi connectivity index (χ0) is 9.40.